The van der Waals surface area contributed by atoms with Gasteiger partial charge in [0.15, 0.2) is 0 Å². The Kier molecular flexibility index (Phi) is 4.51. The van der Waals surface area contributed by atoms with Crippen LogP contribution in [0.4, 0.5) is 11.4 Å². The fraction of sp³-hybridized carbons (Fsp3) is 0.263. The number of nitrogens with zero attached hydrogens (tertiary/aromatic N) is 2. The van der Waals surface area contributed by atoms with Gasteiger partial charge in [-0.1, -0.05) is 18.2 Å². The first-order valence-electron chi connectivity index (χ1n) is 8.01. The molecule has 0 radical (unpaired) electrons. The number of hydrazine groups is 1. The molecule has 1 aliphatic heterocycles. The van der Waals surface area contributed by atoms with Crippen LogP contribution in [0.15, 0.2) is 54.6 Å². The zero-order valence-electron chi connectivity index (χ0n) is 13.6. The molecule has 1 N–H and O–H groups in total. The Bertz CT molecular complexity index is 728. The summed E-state index contributed by atoms with van der Waals surface area (Å²) in [4.78, 5) is 24.2. The summed E-state index contributed by atoms with van der Waals surface area (Å²) in [5, 5.41) is 13.1. The molecule has 1 saturated heterocycles. The number of hydrogen-bond acceptors (Lipinski definition) is 4. The normalized spacial score (nSPS) is 17.4. The van der Waals surface area contributed by atoms with Crippen LogP contribution in [-0.4, -0.2) is 23.3 Å². The van der Waals surface area contributed by atoms with Gasteiger partial charge in [0.25, 0.3) is 5.91 Å². The molecule has 0 spiro atoms. The fourth-order valence-electron chi connectivity index (χ4n) is 2.93. The average Bonchev–Trinajstić information content (AvgIpc) is 2.91. The molecule has 1 fully saturated rings. The molecule has 1 atom stereocenters. The molecule has 5 heteroatoms. The number of phenols is 1. The molecule has 124 valence electrons. The molecule has 1 aliphatic rings. The second kappa shape index (κ2) is 6.74. The Balaban J connectivity index is 1.92. The first-order valence-corrected chi connectivity index (χ1v) is 8.01. The summed E-state index contributed by atoms with van der Waals surface area (Å²) in [6.07, 6.45) is 0.953. The van der Waals surface area contributed by atoms with Crippen LogP contribution in [0.2, 0.25) is 0 Å². The lowest BCUT2D eigenvalue weighted by atomic mass is 10.0. The maximum absolute atomic E-state index is 12.9. The number of aromatic hydroxyl groups is 1. The van der Waals surface area contributed by atoms with Crippen LogP contribution >= 0.6 is 0 Å². The second-order valence-electron chi connectivity index (χ2n) is 6.02. The first-order chi connectivity index (χ1) is 11.6. The van der Waals surface area contributed by atoms with E-state index in [1.54, 1.807) is 36.2 Å². The van der Waals surface area contributed by atoms with E-state index in [1.807, 2.05) is 35.3 Å². The predicted octanol–water partition coefficient (Wildman–Crippen LogP) is 3.15. The Hall–Kier alpha value is -2.82. The SMILES string of the molecule is CC(=O)CC[C@@H]1CN(c2ccc(O)cc2)N(c2ccccc2)C1=O. The van der Waals surface area contributed by atoms with Gasteiger partial charge in [-0.05, 0) is 49.7 Å². The highest BCUT2D eigenvalue weighted by molar-refractivity contribution is 6.00. The summed E-state index contributed by atoms with van der Waals surface area (Å²) >= 11 is 0. The quantitative estimate of drug-likeness (QED) is 0.918. The van der Waals surface area contributed by atoms with Gasteiger partial charge in [0.05, 0.1) is 23.8 Å². The number of ketones is 1. The number of carbonyl (C=O) groups excluding carboxylic acids is 2. The monoisotopic (exact) mass is 324 g/mol. The molecule has 0 bridgehead atoms. The Morgan fingerprint density at radius 3 is 2.38 bits per heavy atom. The van der Waals surface area contributed by atoms with Gasteiger partial charge in [-0.15, -0.1) is 0 Å². The predicted molar refractivity (Wildman–Crippen MR) is 92.8 cm³/mol. The number of Topliss-reactive ketones (excluding diaryl/α,β-unsaturated/α-hetero) is 1. The summed E-state index contributed by atoms with van der Waals surface area (Å²) in [6.45, 7) is 2.07. The Morgan fingerprint density at radius 1 is 1.08 bits per heavy atom. The molecular formula is C19H20N2O3. The number of phenolic OH excluding ortho intramolecular Hbond substituents is 1. The van der Waals surface area contributed by atoms with E-state index < -0.39 is 0 Å². The zero-order valence-corrected chi connectivity index (χ0v) is 13.6. The van der Waals surface area contributed by atoms with Crippen molar-refractivity contribution in [1.82, 2.24) is 0 Å². The topological polar surface area (TPSA) is 60.9 Å². The molecule has 24 heavy (non-hydrogen) atoms. The minimum atomic E-state index is -0.220. The molecule has 0 unspecified atom stereocenters. The molecular weight excluding hydrogens is 304 g/mol. The van der Waals surface area contributed by atoms with E-state index in [9.17, 15) is 14.7 Å². The second-order valence-corrected chi connectivity index (χ2v) is 6.02. The summed E-state index contributed by atoms with van der Waals surface area (Å²) in [6, 6.07) is 16.2. The van der Waals surface area contributed by atoms with Gasteiger partial charge in [-0.25, -0.2) is 5.01 Å². The van der Waals surface area contributed by atoms with Crippen LogP contribution < -0.4 is 10.0 Å². The van der Waals surface area contributed by atoms with Gasteiger partial charge >= 0.3 is 0 Å². The summed E-state index contributed by atoms with van der Waals surface area (Å²) in [7, 11) is 0. The maximum atomic E-state index is 12.9. The summed E-state index contributed by atoms with van der Waals surface area (Å²) in [5.74, 6) is 0.0549. The highest BCUT2D eigenvalue weighted by atomic mass is 16.3. The van der Waals surface area contributed by atoms with E-state index in [0.717, 1.165) is 11.4 Å². The lowest BCUT2D eigenvalue weighted by Crippen LogP contribution is -2.39. The van der Waals surface area contributed by atoms with Gasteiger partial charge < -0.3 is 9.90 Å². The first kappa shape index (κ1) is 16.1. The van der Waals surface area contributed by atoms with E-state index in [0.29, 0.717) is 19.4 Å². The molecule has 1 heterocycles. The van der Waals surface area contributed by atoms with Crippen molar-refractivity contribution in [2.24, 2.45) is 5.92 Å². The minimum absolute atomic E-state index is 0.00414. The van der Waals surface area contributed by atoms with Crippen LogP contribution in [0.5, 0.6) is 5.75 Å². The Labute approximate surface area is 141 Å². The van der Waals surface area contributed by atoms with Gasteiger partial charge in [-0.2, -0.15) is 0 Å². The van der Waals surface area contributed by atoms with Gasteiger partial charge in [0.1, 0.15) is 11.5 Å². The van der Waals surface area contributed by atoms with E-state index in [-0.39, 0.29) is 23.4 Å². The molecule has 3 rings (SSSR count). The average molecular weight is 324 g/mol. The van der Waals surface area contributed by atoms with Crippen molar-refractivity contribution in [2.45, 2.75) is 19.8 Å². The third kappa shape index (κ3) is 3.25. The Morgan fingerprint density at radius 2 is 1.75 bits per heavy atom. The number of amides is 1. The van der Waals surface area contributed by atoms with Gasteiger partial charge in [0, 0.05) is 6.42 Å². The van der Waals surface area contributed by atoms with E-state index in [2.05, 4.69) is 0 Å². The molecule has 5 nitrogen and oxygen atoms in total. The summed E-state index contributed by atoms with van der Waals surface area (Å²) in [5.41, 5.74) is 1.62. The summed E-state index contributed by atoms with van der Waals surface area (Å²) < 4.78 is 0. The number of rotatable bonds is 5. The van der Waals surface area contributed by atoms with Crippen LogP contribution in [-0.2, 0) is 9.59 Å². The zero-order chi connectivity index (χ0) is 17.1. The molecule has 0 aromatic heterocycles. The highest BCUT2D eigenvalue weighted by Gasteiger charge is 2.39. The van der Waals surface area contributed by atoms with Crippen molar-refractivity contribution in [3.8, 4) is 5.75 Å². The van der Waals surface area contributed by atoms with Crippen molar-refractivity contribution in [2.75, 3.05) is 16.6 Å². The number of anilines is 2. The fourth-order valence-corrected chi connectivity index (χ4v) is 2.93. The molecule has 1 amide bonds. The van der Waals surface area contributed by atoms with E-state index >= 15 is 0 Å². The van der Waals surface area contributed by atoms with Crippen molar-refractivity contribution in [1.29, 1.82) is 0 Å². The van der Waals surface area contributed by atoms with Crippen molar-refractivity contribution in [3.63, 3.8) is 0 Å². The largest absolute Gasteiger partial charge is 0.508 e. The van der Waals surface area contributed by atoms with E-state index in [4.69, 9.17) is 0 Å². The highest BCUT2D eigenvalue weighted by Crippen LogP contribution is 2.33. The van der Waals surface area contributed by atoms with Crippen molar-refractivity contribution < 1.29 is 14.7 Å². The van der Waals surface area contributed by atoms with E-state index in [1.165, 1.54) is 0 Å². The van der Waals surface area contributed by atoms with Crippen LogP contribution in [0.25, 0.3) is 0 Å². The smallest absolute Gasteiger partial charge is 0.250 e. The number of carbonyl (C=O) groups is 2. The minimum Gasteiger partial charge on any atom is -0.508 e. The van der Waals surface area contributed by atoms with Crippen molar-refractivity contribution >= 4 is 23.1 Å². The number of benzene rings is 2. The lowest BCUT2D eigenvalue weighted by molar-refractivity contribution is -0.121. The lowest BCUT2D eigenvalue weighted by Gasteiger charge is -2.29. The number of hydrogen-bond donors (Lipinski definition) is 1. The third-order valence-electron chi connectivity index (χ3n) is 4.19. The van der Waals surface area contributed by atoms with Crippen LogP contribution in [0.3, 0.4) is 0 Å². The van der Waals surface area contributed by atoms with Gasteiger partial charge in [-0.3, -0.25) is 9.80 Å². The molecule has 2 aromatic rings. The molecule has 2 aromatic carbocycles. The molecule has 0 saturated carbocycles. The maximum Gasteiger partial charge on any atom is 0.250 e. The molecule has 0 aliphatic carbocycles. The standard InChI is InChI=1S/C19H20N2O3/c1-14(22)7-8-15-13-20(16-9-11-18(23)12-10-16)21(19(15)24)17-5-3-2-4-6-17/h2-6,9-12,15,23H,7-8,13H2,1H3/t15-/m1/s1. The van der Waals surface area contributed by atoms with Crippen LogP contribution in [0.1, 0.15) is 19.8 Å². The number of para-hydroxylation sites is 1. The van der Waals surface area contributed by atoms with Crippen molar-refractivity contribution in [3.05, 3.63) is 54.6 Å². The van der Waals surface area contributed by atoms with Crippen LogP contribution in [0, 0.1) is 5.92 Å². The third-order valence-corrected chi connectivity index (χ3v) is 4.19. The van der Waals surface area contributed by atoms with Gasteiger partial charge in [0.2, 0.25) is 0 Å².